The second-order valence-electron chi connectivity index (χ2n) is 6.57. The summed E-state index contributed by atoms with van der Waals surface area (Å²) in [5.74, 6) is 0. The van der Waals surface area contributed by atoms with Gasteiger partial charge in [0, 0.05) is 26.4 Å². The van der Waals surface area contributed by atoms with E-state index in [1.54, 1.807) is 0 Å². The highest BCUT2D eigenvalue weighted by atomic mass is 28.4. The number of hydrogen-bond donors (Lipinski definition) is 0. The predicted molar refractivity (Wildman–Crippen MR) is 126 cm³/mol. The molecule has 0 spiro atoms. The van der Waals surface area contributed by atoms with Crippen molar-refractivity contribution in [1.29, 1.82) is 0 Å². The van der Waals surface area contributed by atoms with Gasteiger partial charge >= 0.3 is 9.05 Å². The van der Waals surface area contributed by atoms with Crippen LogP contribution in [-0.4, -0.2) is 35.5 Å². The van der Waals surface area contributed by atoms with Crippen molar-refractivity contribution < 1.29 is 17.7 Å². The van der Waals surface area contributed by atoms with Gasteiger partial charge in [-0.2, -0.15) is 0 Å². The Kier molecular flexibility index (Phi) is 21.0. The molecule has 0 aromatic heterocycles. The summed E-state index contributed by atoms with van der Waals surface area (Å²) in [6.45, 7) is 10.7. The molecule has 0 N–H and O–H groups in total. The molecule has 0 aliphatic rings. The molecule has 0 heterocycles. The highest BCUT2D eigenvalue weighted by Gasteiger charge is 2.45. The van der Waals surface area contributed by atoms with Gasteiger partial charge in [0.1, 0.15) is 0 Å². The standard InChI is InChI=1S/C24H44O4Si/c1-5-9-13-17-21-25-29(26-22-18-14-10-6-2,27-23-19-15-11-7-3)28-24-20-16-12-8-4/h9-16H,5-8,17-24H2,1-4H3/b13-9+,14-10+,15-11+,16-12+. The summed E-state index contributed by atoms with van der Waals surface area (Å²) in [4.78, 5) is 0. The molecular formula is C24H44O4Si. The molecule has 168 valence electrons. The second-order valence-corrected chi connectivity index (χ2v) is 8.72. The minimum atomic E-state index is -3.17. The van der Waals surface area contributed by atoms with E-state index in [0.29, 0.717) is 26.4 Å². The summed E-state index contributed by atoms with van der Waals surface area (Å²) in [5, 5.41) is 0. The van der Waals surface area contributed by atoms with Crippen LogP contribution in [0.4, 0.5) is 0 Å². The summed E-state index contributed by atoms with van der Waals surface area (Å²) < 4.78 is 24.6. The van der Waals surface area contributed by atoms with Crippen LogP contribution in [0.3, 0.4) is 0 Å². The van der Waals surface area contributed by atoms with Crippen molar-refractivity contribution in [3.8, 4) is 0 Å². The Hall–Kier alpha value is -0.983. The first-order valence-electron chi connectivity index (χ1n) is 11.4. The molecule has 0 aliphatic heterocycles. The molecule has 0 amide bonds. The van der Waals surface area contributed by atoms with E-state index in [4.69, 9.17) is 17.7 Å². The van der Waals surface area contributed by atoms with Crippen molar-refractivity contribution in [3.63, 3.8) is 0 Å². The van der Waals surface area contributed by atoms with Gasteiger partial charge in [0.05, 0.1) is 0 Å². The van der Waals surface area contributed by atoms with Gasteiger partial charge in [0.25, 0.3) is 0 Å². The fourth-order valence-electron chi connectivity index (χ4n) is 2.40. The molecule has 0 aromatic carbocycles. The molecule has 0 radical (unpaired) electrons. The van der Waals surface area contributed by atoms with Crippen LogP contribution < -0.4 is 0 Å². The lowest BCUT2D eigenvalue weighted by molar-refractivity contribution is -0.0318. The van der Waals surface area contributed by atoms with E-state index < -0.39 is 9.05 Å². The topological polar surface area (TPSA) is 36.9 Å². The predicted octanol–water partition coefficient (Wildman–Crippen LogP) is 6.91. The highest BCUT2D eigenvalue weighted by molar-refractivity contribution is 6.53. The molecule has 0 aromatic rings. The van der Waals surface area contributed by atoms with Gasteiger partial charge in [-0.1, -0.05) is 76.3 Å². The summed E-state index contributed by atoms with van der Waals surface area (Å²) >= 11 is 0. The molecule has 0 rings (SSSR count). The van der Waals surface area contributed by atoms with Gasteiger partial charge in [-0.05, 0) is 51.4 Å². The lowest BCUT2D eigenvalue weighted by atomic mass is 10.3. The fourth-order valence-corrected chi connectivity index (χ4v) is 4.37. The van der Waals surface area contributed by atoms with Crippen LogP contribution in [0.2, 0.25) is 0 Å². The summed E-state index contributed by atoms with van der Waals surface area (Å²) in [6.07, 6.45) is 24.6. The van der Waals surface area contributed by atoms with Gasteiger partial charge in [0.2, 0.25) is 0 Å². The molecule has 4 nitrogen and oxygen atoms in total. The van der Waals surface area contributed by atoms with E-state index in [0.717, 1.165) is 51.4 Å². The van der Waals surface area contributed by atoms with Crippen molar-refractivity contribution in [2.45, 2.75) is 79.1 Å². The lowest BCUT2D eigenvalue weighted by Crippen LogP contribution is -2.50. The first-order valence-corrected chi connectivity index (χ1v) is 13.0. The molecule has 0 saturated carbocycles. The van der Waals surface area contributed by atoms with Crippen molar-refractivity contribution in [2.75, 3.05) is 26.4 Å². The summed E-state index contributed by atoms with van der Waals surface area (Å²) in [5.41, 5.74) is 0. The van der Waals surface area contributed by atoms with Gasteiger partial charge in [-0.15, -0.1) is 0 Å². The molecule has 0 aliphatic carbocycles. The van der Waals surface area contributed by atoms with Crippen LogP contribution in [-0.2, 0) is 17.7 Å². The van der Waals surface area contributed by atoms with Crippen molar-refractivity contribution in [2.24, 2.45) is 0 Å². The van der Waals surface area contributed by atoms with Crippen LogP contribution >= 0.6 is 0 Å². The molecule has 0 unspecified atom stereocenters. The van der Waals surface area contributed by atoms with E-state index in [2.05, 4.69) is 76.3 Å². The Morgan fingerprint density at radius 3 is 0.862 bits per heavy atom. The SMILES string of the molecule is CC/C=C/CCO[Si](OCC/C=C/CC)(OCC/C=C/CC)OCC/C=C/CC. The zero-order valence-electron chi connectivity index (χ0n) is 19.2. The molecule has 0 fully saturated rings. The second kappa shape index (κ2) is 21.7. The average molecular weight is 425 g/mol. The Morgan fingerprint density at radius 1 is 0.414 bits per heavy atom. The zero-order chi connectivity index (χ0) is 21.5. The largest absolute Gasteiger partial charge is 0.679 e. The van der Waals surface area contributed by atoms with Crippen LogP contribution in [0.15, 0.2) is 48.6 Å². The zero-order valence-corrected chi connectivity index (χ0v) is 20.2. The highest BCUT2D eigenvalue weighted by Crippen LogP contribution is 2.15. The molecular weight excluding hydrogens is 380 g/mol. The maximum atomic E-state index is 6.14. The Balaban J connectivity index is 4.94. The number of allylic oxidation sites excluding steroid dienone is 4. The Labute approximate surface area is 181 Å². The molecule has 0 bridgehead atoms. The van der Waals surface area contributed by atoms with E-state index in [1.807, 2.05) is 0 Å². The van der Waals surface area contributed by atoms with E-state index in [-0.39, 0.29) is 0 Å². The maximum absolute atomic E-state index is 6.14. The summed E-state index contributed by atoms with van der Waals surface area (Å²) in [7, 11) is -3.17. The van der Waals surface area contributed by atoms with Gasteiger partial charge in [0.15, 0.2) is 0 Å². The minimum Gasteiger partial charge on any atom is -0.351 e. The van der Waals surface area contributed by atoms with Gasteiger partial charge in [-0.3, -0.25) is 0 Å². The van der Waals surface area contributed by atoms with Crippen molar-refractivity contribution >= 4 is 9.05 Å². The van der Waals surface area contributed by atoms with E-state index in [9.17, 15) is 0 Å². The smallest absolute Gasteiger partial charge is 0.351 e. The Morgan fingerprint density at radius 2 is 0.655 bits per heavy atom. The molecule has 29 heavy (non-hydrogen) atoms. The van der Waals surface area contributed by atoms with Crippen molar-refractivity contribution in [3.05, 3.63) is 48.6 Å². The monoisotopic (exact) mass is 424 g/mol. The first kappa shape index (κ1) is 28.0. The van der Waals surface area contributed by atoms with Crippen molar-refractivity contribution in [1.82, 2.24) is 0 Å². The van der Waals surface area contributed by atoms with Crippen LogP contribution in [0.1, 0.15) is 79.1 Å². The average Bonchev–Trinajstić information content (AvgIpc) is 2.73. The maximum Gasteiger partial charge on any atom is 0.679 e. The fraction of sp³-hybridized carbons (Fsp3) is 0.667. The van der Waals surface area contributed by atoms with E-state index in [1.165, 1.54) is 0 Å². The van der Waals surface area contributed by atoms with E-state index >= 15 is 0 Å². The number of hydrogen-bond acceptors (Lipinski definition) is 4. The first-order chi connectivity index (χ1) is 14.2. The van der Waals surface area contributed by atoms with Crippen LogP contribution in [0.25, 0.3) is 0 Å². The normalized spacial score (nSPS) is 13.1. The molecule has 0 saturated heterocycles. The number of rotatable bonds is 20. The Bertz CT molecular complexity index is 372. The molecule has 5 heteroatoms. The molecule has 0 atom stereocenters. The van der Waals surface area contributed by atoms with Crippen LogP contribution in [0.5, 0.6) is 0 Å². The third-order valence-electron chi connectivity index (χ3n) is 3.86. The van der Waals surface area contributed by atoms with Gasteiger partial charge in [-0.25, -0.2) is 0 Å². The summed E-state index contributed by atoms with van der Waals surface area (Å²) in [6, 6.07) is 0. The quantitative estimate of drug-likeness (QED) is 0.121. The third kappa shape index (κ3) is 17.6. The minimum absolute atomic E-state index is 0.545. The van der Waals surface area contributed by atoms with Crippen LogP contribution in [0, 0.1) is 0 Å². The lowest BCUT2D eigenvalue weighted by Gasteiger charge is -2.28. The third-order valence-corrected chi connectivity index (χ3v) is 6.09. The van der Waals surface area contributed by atoms with Gasteiger partial charge < -0.3 is 17.7 Å².